The first kappa shape index (κ1) is 16.3. The normalized spacial score (nSPS) is 16.6. The van der Waals surface area contributed by atoms with Crippen molar-refractivity contribution < 1.29 is 17.9 Å². The third kappa shape index (κ3) is 3.51. The van der Waals surface area contributed by atoms with Gasteiger partial charge in [-0.15, -0.1) is 0 Å². The highest BCUT2D eigenvalue weighted by atomic mass is 32.2. The van der Waals surface area contributed by atoms with Crippen molar-refractivity contribution >= 4 is 21.6 Å². The summed E-state index contributed by atoms with van der Waals surface area (Å²) < 4.78 is 29.2. The summed E-state index contributed by atoms with van der Waals surface area (Å²) in [5.74, 6) is 0.755. The molecule has 2 aromatic rings. The number of carbonyl (C=O) groups is 1. The van der Waals surface area contributed by atoms with Crippen molar-refractivity contribution in [2.45, 2.75) is 17.4 Å². The van der Waals surface area contributed by atoms with Gasteiger partial charge in [0.05, 0.1) is 23.2 Å². The van der Waals surface area contributed by atoms with Gasteiger partial charge in [-0.25, -0.2) is 13.2 Å². The molecule has 2 N–H and O–H groups in total. The van der Waals surface area contributed by atoms with Crippen LogP contribution in [-0.4, -0.2) is 27.3 Å². The number of fused-ring (bicyclic) bond motifs is 1. The van der Waals surface area contributed by atoms with Crippen molar-refractivity contribution in [2.75, 3.05) is 18.2 Å². The SMILES string of the molecule is CS(=O)(=O)c1ccccc1NC(=O)N[C@@H]1CCOc2ccccc21. The lowest BCUT2D eigenvalue weighted by Gasteiger charge is -2.26. The van der Waals surface area contributed by atoms with E-state index in [1.807, 2.05) is 24.3 Å². The summed E-state index contributed by atoms with van der Waals surface area (Å²) in [7, 11) is -3.42. The van der Waals surface area contributed by atoms with Gasteiger partial charge in [-0.05, 0) is 18.2 Å². The van der Waals surface area contributed by atoms with E-state index >= 15 is 0 Å². The minimum Gasteiger partial charge on any atom is -0.493 e. The second kappa shape index (κ2) is 6.52. The molecule has 1 atom stereocenters. The molecular weight excluding hydrogens is 328 g/mol. The maximum Gasteiger partial charge on any atom is 0.319 e. The van der Waals surface area contributed by atoms with E-state index in [2.05, 4.69) is 10.6 Å². The van der Waals surface area contributed by atoms with Crippen LogP contribution in [0.3, 0.4) is 0 Å². The molecule has 0 bridgehead atoms. The topological polar surface area (TPSA) is 84.5 Å². The van der Waals surface area contributed by atoms with E-state index in [9.17, 15) is 13.2 Å². The summed E-state index contributed by atoms with van der Waals surface area (Å²) in [4.78, 5) is 12.4. The van der Waals surface area contributed by atoms with E-state index in [-0.39, 0.29) is 16.6 Å². The fourth-order valence-corrected chi connectivity index (χ4v) is 3.55. The lowest BCUT2D eigenvalue weighted by molar-refractivity contribution is 0.232. The maximum atomic E-state index is 12.3. The van der Waals surface area contributed by atoms with Gasteiger partial charge in [-0.3, -0.25) is 0 Å². The molecule has 3 rings (SSSR count). The third-order valence-corrected chi connectivity index (χ3v) is 4.95. The first-order valence-corrected chi connectivity index (χ1v) is 9.42. The number of sulfone groups is 1. The van der Waals surface area contributed by atoms with Gasteiger partial charge in [0.25, 0.3) is 0 Å². The number of ether oxygens (including phenoxy) is 1. The van der Waals surface area contributed by atoms with E-state index in [4.69, 9.17) is 4.74 Å². The second-order valence-corrected chi connectivity index (χ2v) is 7.58. The molecule has 1 heterocycles. The highest BCUT2D eigenvalue weighted by Crippen LogP contribution is 2.31. The molecule has 2 aromatic carbocycles. The third-order valence-electron chi connectivity index (χ3n) is 3.80. The van der Waals surface area contributed by atoms with E-state index < -0.39 is 15.9 Å². The van der Waals surface area contributed by atoms with Crippen molar-refractivity contribution in [3.05, 3.63) is 54.1 Å². The summed E-state index contributed by atoms with van der Waals surface area (Å²) in [6.07, 6.45) is 1.76. The fraction of sp³-hybridized carbons (Fsp3) is 0.235. The van der Waals surface area contributed by atoms with Crippen molar-refractivity contribution in [2.24, 2.45) is 0 Å². The molecule has 0 spiro atoms. The molecule has 0 aromatic heterocycles. The monoisotopic (exact) mass is 346 g/mol. The largest absolute Gasteiger partial charge is 0.493 e. The Morgan fingerprint density at radius 2 is 1.83 bits per heavy atom. The summed E-state index contributed by atoms with van der Waals surface area (Å²) in [5, 5.41) is 5.50. The zero-order chi connectivity index (χ0) is 17.2. The molecule has 0 saturated heterocycles. The van der Waals surface area contributed by atoms with Crippen LogP contribution in [0.15, 0.2) is 53.4 Å². The summed E-state index contributed by atoms with van der Waals surface area (Å²) in [5.41, 5.74) is 1.17. The first-order valence-electron chi connectivity index (χ1n) is 7.53. The van der Waals surface area contributed by atoms with Gasteiger partial charge < -0.3 is 15.4 Å². The molecule has 1 aliphatic rings. The Labute approximate surface area is 140 Å². The standard InChI is InChI=1S/C17H18N2O4S/c1-24(21,22)16-9-5-3-7-14(16)19-17(20)18-13-10-11-23-15-8-4-2-6-12(13)15/h2-9,13H,10-11H2,1H3,(H2,18,19,20)/t13-/m1/s1. The van der Waals surface area contributed by atoms with E-state index in [0.717, 1.165) is 17.6 Å². The zero-order valence-corrected chi connectivity index (χ0v) is 14.0. The Bertz CT molecular complexity index is 864. The fourth-order valence-electron chi connectivity index (χ4n) is 2.70. The second-order valence-electron chi connectivity index (χ2n) is 5.59. The average Bonchev–Trinajstić information content (AvgIpc) is 2.54. The number of carbonyl (C=O) groups excluding carboxylic acids is 1. The number of para-hydroxylation sites is 2. The average molecular weight is 346 g/mol. The van der Waals surface area contributed by atoms with Crippen LogP contribution in [0.4, 0.5) is 10.5 Å². The predicted molar refractivity (Wildman–Crippen MR) is 91.0 cm³/mol. The quantitative estimate of drug-likeness (QED) is 0.895. The Hall–Kier alpha value is -2.54. The lowest BCUT2D eigenvalue weighted by Crippen LogP contribution is -2.35. The van der Waals surface area contributed by atoms with E-state index in [1.54, 1.807) is 18.2 Å². The van der Waals surface area contributed by atoms with Crippen molar-refractivity contribution in [3.63, 3.8) is 0 Å². The Morgan fingerprint density at radius 1 is 1.12 bits per heavy atom. The van der Waals surface area contributed by atoms with E-state index in [0.29, 0.717) is 13.0 Å². The smallest absolute Gasteiger partial charge is 0.319 e. The molecule has 1 aliphatic heterocycles. The molecule has 7 heteroatoms. The van der Waals surface area contributed by atoms with Crippen molar-refractivity contribution in [3.8, 4) is 5.75 Å². The molecule has 0 fully saturated rings. The van der Waals surface area contributed by atoms with Gasteiger partial charge in [0.1, 0.15) is 5.75 Å². The van der Waals surface area contributed by atoms with Crippen LogP contribution in [0.1, 0.15) is 18.0 Å². The number of urea groups is 1. The predicted octanol–water partition coefficient (Wildman–Crippen LogP) is 2.74. The Morgan fingerprint density at radius 3 is 2.62 bits per heavy atom. The molecule has 2 amide bonds. The number of hydrogen-bond acceptors (Lipinski definition) is 4. The number of amides is 2. The van der Waals surface area contributed by atoms with Crippen LogP contribution in [0.5, 0.6) is 5.75 Å². The molecule has 24 heavy (non-hydrogen) atoms. The number of anilines is 1. The molecule has 0 unspecified atom stereocenters. The number of benzene rings is 2. The van der Waals surface area contributed by atoms with Gasteiger partial charge in [0, 0.05) is 18.2 Å². The van der Waals surface area contributed by atoms with Gasteiger partial charge in [0.2, 0.25) is 0 Å². The molecule has 126 valence electrons. The first-order chi connectivity index (χ1) is 11.4. The van der Waals surface area contributed by atoms with Crippen LogP contribution < -0.4 is 15.4 Å². The van der Waals surface area contributed by atoms with Crippen LogP contribution in [0.25, 0.3) is 0 Å². The maximum absolute atomic E-state index is 12.3. The molecule has 6 nitrogen and oxygen atoms in total. The number of hydrogen-bond donors (Lipinski definition) is 2. The van der Waals surface area contributed by atoms with E-state index in [1.165, 1.54) is 6.07 Å². The number of rotatable bonds is 3. The molecule has 0 aliphatic carbocycles. The Kier molecular flexibility index (Phi) is 4.44. The highest BCUT2D eigenvalue weighted by molar-refractivity contribution is 7.90. The zero-order valence-electron chi connectivity index (χ0n) is 13.2. The van der Waals surface area contributed by atoms with Crippen molar-refractivity contribution in [1.29, 1.82) is 0 Å². The highest BCUT2D eigenvalue weighted by Gasteiger charge is 2.23. The van der Waals surface area contributed by atoms with Gasteiger partial charge in [0.15, 0.2) is 9.84 Å². The number of nitrogens with one attached hydrogen (secondary N) is 2. The minimum atomic E-state index is -3.42. The lowest BCUT2D eigenvalue weighted by atomic mass is 10.0. The van der Waals surface area contributed by atoms with Crippen molar-refractivity contribution in [1.82, 2.24) is 5.32 Å². The molecule has 0 radical (unpaired) electrons. The molecular formula is C17H18N2O4S. The van der Waals surface area contributed by atoms with Gasteiger partial charge in [-0.2, -0.15) is 0 Å². The van der Waals surface area contributed by atoms with Crippen LogP contribution in [-0.2, 0) is 9.84 Å². The van der Waals surface area contributed by atoms with Gasteiger partial charge in [-0.1, -0.05) is 30.3 Å². The summed E-state index contributed by atoms with van der Waals surface area (Å²) in [6.45, 7) is 0.516. The summed E-state index contributed by atoms with van der Waals surface area (Å²) >= 11 is 0. The summed E-state index contributed by atoms with van der Waals surface area (Å²) in [6, 6.07) is 13.2. The van der Waals surface area contributed by atoms with Crippen LogP contribution in [0.2, 0.25) is 0 Å². The minimum absolute atomic E-state index is 0.0903. The molecule has 0 saturated carbocycles. The van der Waals surface area contributed by atoms with Crippen LogP contribution in [0, 0.1) is 0 Å². The van der Waals surface area contributed by atoms with Gasteiger partial charge >= 0.3 is 6.03 Å². The Balaban J connectivity index is 1.77. The van der Waals surface area contributed by atoms with Crippen LogP contribution >= 0.6 is 0 Å².